The van der Waals surface area contributed by atoms with E-state index >= 15 is 0 Å². The summed E-state index contributed by atoms with van der Waals surface area (Å²) in [7, 11) is 0. The van der Waals surface area contributed by atoms with Crippen LogP contribution in [0.1, 0.15) is 18.1 Å². The fraction of sp³-hybridized carbons (Fsp3) is 0.200. The fourth-order valence-electron chi connectivity index (χ4n) is 1.67. The fourth-order valence-corrected chi connectivity index (χ4v) is 1.86. The van der Waals surface area contributed by atoms with Crippen LogP contribution in [0.2, 0.25) is 5.02 Å². The van der Waals surface area contributed by atoms with E-state index in [2.05, 4.69) is 18.2 Å². The van der Waals surface area contributed by atoms with Crippen molar-refractivity contribution in [1.29, 1.82) is 0 Å². The summed E-state index contributed by atoms with van der Waals surface area (Å²) in [5, 5.41) is 0.789. The third-order valence-corrected chi connectivity index (χ3v) is 2.89. The first-order valence-electron chi connectivity index (χ1n) is 5.66. The van der Waals surface area contributed by atoms with Gasteiger partial charge in [-0.3, -0.25) is 0 Å². The van der Waals surface area contributed by atoms with Gasteiger partial charge >= 0.3 is 23.1 Å². The molecule has 5 heteroatoms. The summed E-state index contributed by atoms with van der Waals surface area (Å²) in [6, 6.07) is 16.8. The van der Waals surface area contributed by atoms with Gasteiger partial charge in [0.25, 0.3) is 0 Å². The van der Waals surface area contributed by atoms with Crippen LogP contribution in [0.5, 0.6) is 5.75 Å². The molecule has 0 heterocycles. The number of rotatable bonds is 4. The summed E-state index contributed by atoms with van der Waals surface area (Å²) in [6.07, 6.45) is 0.822. The van der Waals surface area contributed by atoms with Gasteiger partial charge in [-0.2, -0.15) is 24.3 Å². The van der Waals surface area contributed by atoms with E-state index in [4.69, 9.17) is 16.3 Å². The van der Waals surface area contributed by atoms with Crippen LogP contribution in [-0.4, -0.2) is 48.5 Å². The Morgan fingerprint density at radius 3 is 2.35 bits per heavy atom. The van der Waals surface area contributed by atoms with Gasteiger partial charge in [-0.1, -0.05) is 22.7 Å². The molecular weight excluding hydrogens is 298 g/mol. The Kier molecular flexibility index (Phi) is 13.3. The maximum absolute atomic E-state index is 6.11. The first kappa shape index (κ1) is 22.5. The number of ether oxygens (including phenoxy) is 1. The SMILES string of the molecule is CCOc1ccc(Cc2c[c-]ccc2Cl)cc1.[Cl-].[Li].[Mg+2]. The second-order valence-corrected chi connectivity index (χ2v) is 4.18. The second-order valence-electron chi connectivity index (χ2n) is 3.77. The molecule has 0 aliphatic rings. The largest absolute Gasteiger partial charge is 2.00 e. The van der Waals surface area contributed by atoms with Crippen LogP contribution in [-0.2, 0) is 6.42 Å². The van der Waals surface area contributed by atoms with Crippen molar-refractivity contribution in [2.24, 2.45) is 0 Å². The molecule has 2 aromatic rings. The van der Waals surface area contributed by atoms with Gasteiger partial charge in [0.05, 0.1) is 6.61 Å². The van der Waals surface area contributed by atoms with E-state index in [-0.39, 0.29) is 54.3 Å². The van der Waals surface area contributed by atoms with Gasteiger partial charge < -0.3 is 17.1 Å². The summed E-state index contributed by atoms with van der Waals surface area (Å²) < 4.78 is 5.40. The van der Waals surface area contributed by atoms with Crippen molar-refractivity contribution in [2.75, 3.05) is 6.61 Å². The third-order valence-electron chi connectivity index (χ3n) is 2.52. The summed E-state index contributed by atoms with van der Waals surface area (Å²) >= 11 is 6.11. The van der Waals surface area contributed by atoms with Crippen molar-refractivity contribution >= 4 is 53.5 Å². The molecule has 0 fully saturated rings. The second kappa shape index (κ2) is 11.8. The Labute approximate surface area is 160 Å². The molecule has 1 nitrogen and oxygen atoms in total. The van der Waals surface area contributed by atoms with E-state index in [0.717, 1.165) is 22.8 Å². The Balaban J connectivity index is 0. The molecule has 0 saturated carbocycles. The standard InChI is InChI=1S/C15H14ClO.ClH.Li.Mg/c1-2-17-14-9-7-12(8-10-14)11-13-5-3-4-6-15(13)16;;;/h4-10H,2,11H2,1H3;1H;;/q-1;;;+2/p-1. The molecule has 0 unspecified atom stereocenters. The minimum Gasteiger partial charge on any atom is -1.00 e. The molecule has 2 aromatic carbocycles. The molecule has 0 bridgehead atoms. The van der Waals surface area contributed by atoms with E-state index in [0.29, 0.717) is 6.61 Å². The Bertz CT molecular complexity index is 491. The molecule has 0 amide bonds. The maximum atomic E-state index is 6.11. The molecule has 2 rings (SSSR count). The Morgan fingerprint density at radius 2 is 1.80 bits per heavy atom. The average Bonchev–Trinajstić information content (AvgIpc) is 2.35. The molecule has 1 radical (unpaired) electrons. The van der Waals surface area contributed by atoms with Crippen molar-refractivity contribution in [1.82, 2.24) is 0 Å². The molecule has 0 saturated heterocycles. The minimum atomic E-state index is 0. The third kappa shape index (κ3) is 6.76. The zero-order valence-electron chi connectivity index (χ0n) is 11.8. The minimum absolute atomic E-state index is 0. The molecule has 97 valence electrons. The van der Waals surface area contributed by atoms with Crippen molar-refractivity contribution in [2.45, 2.75) is 13.3 Å². The molecule has 0 aliphatic heterocycles. The first-order valence-corrected chi connectivity index (χ1v) is 6.03. The van der Waals surface area contributed by atoms with Gasteiger partial charge in [-0.25, -0.2) is 0 Å². The van der Waals surface area contributed by atoms with E-state index < -0.39 is 0 Å². The van der Waals surface area contributed by atoms with Crippen LogP contribution in [0.15, 0.2) is 42.5 Å². The smallest absolute Gasteiger partial charge is 1.00 e. The quantitative estimate of drug-likeness (QED) is 0.586. The number of hydrogen-bond donors (Lipinski definition) is 0. The van der Waals surface area contributed by atoms with E-state index in [1.54, 1.807) is 0 Å². The number of halogens is 2. The number of benzene rings is 2. The molecule has 0 atom stereocenters. The van der Waals surface area contributed by atoms with Gasteiger partial charge in [0.2, 0.25) is 0 Å². The summed E-state index contributed by atoms with van der Waals surface area (Å²) in [5.74, 6) is 0.905. The van der Waals surface area contributed by atoms with Crippen molar-refractivity contribution in [3.8, 4) is 5.75 Å². The van der Waals surface area contributed by atoms with Crippen molar-refractivity contribution < 1.29 is 17.1 Å². The molecular formula is C15H14Cl2LiMgO. The van der Waals surface area contributed by atoms with Crippen LogP contribution < -0.4 is 17.1 Å². The molecule has 0 spiro atoms. The topological polar surface area (TPSA) is 9.23 Å². The monoisotopic (exact) mass is 311 g/mol. The summed E-state index contributed by atoms with van der Waals surface area (Å²) in [4.78, 5) is 0. The van der Waals surface area contributed by atoms with Crippen molar-refractivity contribution in [3.05, 3.63) is 64.7 Å². The molecule has 0 aromatic heterocycles. The molecule has 0 N–H and O–H groups in total. The van der Waals surface area contributed by atoms with Crippen LogP contribution in [0, 0.1) is 6.07 Å². The van der Waals surface area contributed by atoms with E-state index in [1.807, 2.05) is 37.3 Å². The van der Waals surface area contributed by atoms with E-state index in [1.165, 1.54) is 5.56 Å². The Morgan fingerprint density at radius 1 is 1.15 bits per heavy atom. The normalized spacial score (nSPS) is 8.70. The Hall–Kier alpha value is 0.184. The predicted octanol–water partition coefficient (Wildman–Crippen LogP) is 0.372. The van der Waals surface area contributed by atoms with Crippen LogP contribution >= 0.6 is 11.6 Å². The summed E-state index contributed by atoms with van der Waals surface area (Å²) in [6.45, 7) is 2.67. The van der Waals surface area contributed by atoms with Gasteiger partial charge in [0.1, 0.15) is 5.75 Å². The van der Waals surface area contributed by atoms with Crippen LogP contribution in [0.25, 0.3) is 0 Å². The molecule has 20 heavy (non-hydrogen) atoms. The van der Waals surface area contributed by atoms with Gasteiger partial charge in [0.15, 0.2) is 0 Å². The van der Waals surface area contributed by atoms with Crippen LogP contribution in [0.3, 0.4) is 0 Å². The first-order chi connectivity index (χ1) is 8.29. The average molecular weight is 312 g/mol. The van der Waals surface area contributed by atoms with E-state index in [9.17, 15) is 0 Å². The maximum Gasteiger partial charge on any atom is 2.00 e. The molecule has 0 aliphatic carbocycles. The zero-order valence-corrected chi connectivity index (χ0v) is 14.8. The van der Waals surface area contributed by atoms with Crippen LogP contribution in [0.4, 0.5) is 0 Å². The van der Waals surface area contributed by atoms with Gasteiger partial charge in [0, 0.05) is 18.9 Å². The van der Waals surface area contributed by atoms with Crippen molar-refractivity contribution in [3.63, 3.8) is 0 Å². The van der Waals surface area contributed by atoms with Gasteiger partial charge in [-0.15, -0.1) is 17.2 Å². The number of hydrogen-bond acceptors (Lipinski definition) is 1. The predicted molar refractivity (Wildman–Crippen MR) is 82.2 cm³/mol. The summed E-state index contributed by atoms with van der Waals surface area (Å²) in [5.41, 5.74) is 2.31. The van der Waals surface area contributed by atoms with Gasteiger partial charge in [-0.05, 0) is 25.5 Å². The zero-order chi connectivity index (χ0) is 12.1.